The number of pyridine rings is 1. The Labute approximate surface area is 109 Å². The molecule has 0 saturated carbocycles. The van der Waals surface area contributed by atoms with E-state index in [1.165, 1.54) is 0 Å². The van der Waals surface area contributed by atoms with Gasteiger partial charge in [0, 0.05) is 18.7 Å². The number of anilines is 1. The Morgan fingerprint density at radius 1 is 1.26 bits per heavy atom. The highest BCUT2D eigenvalue weighted by molar-refractivity contribution is 6.05. The number of hydrogen-bond acceptors (Lipinski definition) is 4. The molecule has 1 amide bonds. The van der Waals surface area contributed by atoms with Crippen LogP contribution in [0.1, 0.15) is 16.2 Å². The zero-order chi connectivity index (χ0) is 13.2. The van der Waals surface area contributed by atoms with E-state index in [0.29, 0.717) is 22.9 Å². The topological polar surface area (TPSA) is 68.0 Å². The quantitative estimate of drug-likeness (QED) is 0.762. The van der Waals surface area contributed by atoms with Gasteiger partial charge < -0.3 is 9.73 Å². The summed E-state index contributed by atoms with van der Waals surface area (Å²) in [4.78, 5) is 20.3. The minimum atomic E-state index is -0.227. The summed E-state index contributed by atoms with van der Waals surface area (Å²) >= 11 is 0. The normalized spacial score (nSPS) is 10.6. The first-order chi connectivity index (χ1) is 9.22. The lowest BCUT2D eigenvalue weighted by Gasteiger charge is -2.03. The third-order valence-electron chi connectivity index (χ3n) is 2.66. The van der Waals surface area contributed by atoms with Crippen LogP contribution in [-0.2, 0) is 0 Å². The van der Waals surface area contributed by atoms with Crippen molar-refractivity contribution in [3.05, 3.63) is 54.0 Å². The Hall–Kier alpha value is -2.69. The molecular formula is C14H11N3O2. The number of carbonyl (C=O) groups excluding carboxylic acids is 1. The Morgan fingerprint density at radius 3 is 2.95 bits per heavy atom. The second kappa shape index (κ2) is 4.53. The van der Waals surface area contributed by atoms with Crippen molar-refractivity contribution in [3.8, 4) is 0 Å². The Kier molecular flexibility index (Phi) is 2.72. The molecule has 0 aliphatic rings. The van der Waals surface area contributed by atoms with Crippen LogP contribution < -0.4 is 5.32 Å². The van der Waals surface area contributed by atoms with E-state index in [4.69, 9.17) is 4.42 Å². The number of fused-ring (bicyclic) bond motifs is 1. The number of nitrogens with one attached hydrogen (secondary N) is 1. The van der Waals surface area contributed by atoms with Gasteiger partial charge in [-0.2, -0.15) is 0 Å². The molecule has 2 heterocycles. The van der Waals surface area contributed by atoms with E-state index in [2.05, 4.69) is 15.3 Å². The first kappa shape index (κ1) is 11.4. The van der Waals surface area contributed by atoms with Gasteiger partial charge in [-0.05, 0) is 30.3 Å². The first-order valence-corrected chi connectivity index (χ1v) is 5.82. The van der Waals surface area contributed by atoms with Crippen molar-refractivity contribution in [2.24, 2.45) is 0 Å². The van der Waals surface area contributed by atoms with Gasteiger partial charge in [0.2, 0.25) is 0 Å². The Bertz CT molecular complexity index is 735. The minimum Gasteiger partial charge on any atom is -0.441 e. The van der Waals surface area contributed by atoms with E-state index >= 15 is 0 Å². The molecule has 0 atom stereocenters. The van der Waals surface area contributed by atoms with E-state index < -0.39 is 0 Å². The van der Waals surface area contributed by atoms with Crippen molar-refractivity contribution in [3.63, 3.8) is 0 Å². The zero-order valence-corrected chi connectivity index (χ0v) is 10.3. The van der Waals surface area contributed by atoms with Crippen LogP contribution in [-0.4, -0.2) is 15.9 Å². The lowest BCUT2D eigenvalue weighted by Crippen LogP contribution is -2.12. The van der Waals surface area contributed by atoms with E-state index in [1.54, 1.807) is 43.5 Å². The van der Waals surface area contributed by atoms with Crippen molar-refractivity contribution in [2.45, 2.75) is 6.92 Å². The number of aryl methyl sites for hydroxylation is 1. The molecule has 3 aromatic rings. The van der Waals surface area contributed by atoms with Crippen molar-refractivity contribution in [1.29, 1.82) is 0 Å². The van der Waals surface area contributed by atoms with Gasteiger partial charge in [-0.1, -0.05) is 6.07 Å². The molecule has 0 aliphatic carbocycles. The van der Waals surface area contributed by atoms with Gasteiger partial charge in [0.25, 0.3) is 5.91 Å². The van der Waals surface area contributed by atoms with Crippen molar-refractivity contribution in [1.82, 2.24) is 9.97 Å². The molecule has 94 valence electrons. The average Bonchev–Trinajstić information content (AvgIpc) is 2.78. The molecule has 1 N–H and O–H groups in total. The molecule has 0 aliphatic heterocycles. The van der Waals surface area contributed by atoms with Crippen LogP contribution in [0.25, 0.3) is 11.1 Å². The van der Waals surface area contributed by atoms with Crippen molar-refractivity contribution < 1.29 is 9.21 Å². The molecule has 0 unspecified atom stereocenters. The number of nitrogens with zero attached hydrogens (tertiary/aromatic N) is 2. The SMILES string of the molecule is Cc1nc2ccc(C(=O)Nc3ccccn3)cc2o1. The van der Waals surface area contributed by atoms with Crippen LogP contribution in [0.2, 0.25) is 0 Å². The van der Waals surface area contributed by atoms with Crippen LogP contribution in [0, 0.1) is 6.92 Å². The van der Waals surface area contributed by atoms with E-state index in [-0.39, 0.29) is 5.91 Å². The molecule has 0 saturated heterocycles. The first-order valence-electron chi connectivity index (χ1n) is 5.82. The van der Waals surface area contributed by atoms with Crippen LogP contribution in [0.5, 0.6) is 0 Å². The Balaban J connectivity index is 1.89. The van der Waals surface area contributed by atoms with E-state index in [0.717, 1.165) is 5.52 Å². The summed E-state index contributed by atoms with van der Waals surface area (Å²) in [5, 5.41) is 2.72. The summed E-state index contributed by atoms with van der Waals surface area (Å²) < 4.78 is 5.40. The molecule has 3 rings (SSSR count). The molecule has 0 radical (unpaired) electrons. The summed E-state index contributed by atoms with van der Waals surface area (Å²) in [6.07, 6.45) is 1.62. The predicted octanol–water partition coefficient (Wildman–Crippen LogP) is 2.78. The lowest BCUT2D eigenvalue weighted by molar-refractivity contribution is 0.102. The summed E-state index contributed by atoms with van der Waals surface area (Å²) in [5.74, 6) is 0.869. The van der Waals surface area contributed by atoms with Gasteiger partial charge in [0.05, 0.1) is 0 Å². The molecule has 0 bridgehead atoms. The van der Waals surface area contributed by atoms with Crippen molar-refractivity contribution >= 4 is 22.8 Å². The fraction of sp³-hybridized carbons (Fsp3) is 0.0714. The summed E-state index contributed by atoms with van der Waals surface area (Å²) in [6.45, 7) is 1.77. The second-order valence-corrected chi connectivity index (χ2v) is 4.08. The zero-order valence-electron chi connectivity index (χ0n) is 10.3. The summed E-state index contributed by atoms with van der Waals surface area (Å²) in [6, 6.07) is 10.5. The smallest absolute Gasteiger partial charge is 0.256 e. The van der Waals surface area contributed by atoms with Crippen LogP contribution >= 0.6 is 0 Å². The van der Waals surface area contributed by atoms with Crippen LogP contribution in [0.3, 0.4) is 0 Å². The fourth-order valence-corrected chi connectivity index (χ4v) is 1.81. The van der Waals surface area contributed by atoms with Gasteiger partial charge >= 0.3 is 0 Å². The van der Waals surface area contributed by atoms with Gasteiger partial charge in [0.15, 0.2) is 11.5 Å². The molecule has 0 spiro atoms. The number of oxazole rings is 1. The summed E-state index contributed by atoms with van der Waals surface area (Å²) in [5.41, 5.74) is 1.85. The predicted molar refractivity (Wildman–Crippen MR) is 70.9 cm³/mol. The third kappa shape index (κ3) is 2.30. The number of carbonyl (C=O) groups is 1. The number of hydrogen-bond donors (Lipinski definition) is 1. The molecule has 5 nitrogen and oxygen atoms in total. The molecule has 2 aromatic heterocycles. The standard InChI is InChI=1S/C14H11N3O2/c1-9-16-11-6-5-10(8-12(11)19-9)14(18)17-13-4-2-3-7-15-13/h2-8H,1H3,(H,15,17,18). The van der Waals surface area contributed by atoms with Gasteiger partial charge in [-0.25, -0.2) is 9.97 Å². The molecular weight excluding hydrogens is 242 g/mol. The third-order valence-corrected chi connectivity index (χ3v) is 2.66. The molecule has 0 fully saturated rings. The molecule has 5 heteroatoms. The maximum Gasteiger partial charge on any atom is 0.256 e. The van der Waals surface area contributed by atoms with Gasteiger partial charge in [-0.3, -0.25) is 4.79 Å². The number of benzene rings is 1. The molecule has 19 heavy (non-hydrogen) atoms. The van der Waals surface area contributed by atoms with Gasteiger partial charge in [0.1, 0.15) is 11.3 Å². The maximum absolute atomic E-state index is 12.1. The van der Waals surface area contributed by atoms with E-state index in [9.17, 15) is 4.79 Å². The highest BCUT2D eigenvalue weighted by Gasteiger charge is 2.10. The average molecular weight is 253 g/mol. The Morgan fingerprint density at radius 2 is 2.16 bits per heavy atom. The summed E-state index contributed by atoms with van der Waals surface area (Å²) in [7, 11) is 0. The monoisotopic (exact) mass is 253 g/mol. The lowest BCUT2D eigenvalue weighted by atomic mass is 10.2. The molecule has 1 aromatic carbocycles. The fourth-order valence-electron chi connectivity index (χ4n) is 1.81. The second-order valence-electron chi connectivity index (χ2n) is 4.08. The highest BCUT2D eigenvalue weighted by Crippen LogP contribution is 2.17. The maximum atomic E-state index is 12.1. The van der Waals surface area contributed by atoms with Crippen LogP contribution in [0.4, 0.5) is 5.82 Å². The van der Waals surface area contributed by atoms with Gasteiger partial charge in [-0.15, -0.1) is 0 Å². The number of rotatable bonds is 2. The van der Waals surface area contributed by atoms with Crippen molar-refractivity contribution in [2.75, 3.05) is 5.32 Å². The highest BCUT2D eigenvalue weighted by atomic mass is 16.3. The minimum absolute atomic E-state index is 0.227. The number of aromatic nitrogens is 2. The van der Waals surface area contributed by atoms with E-state index in [1.807, 2.05) is 6.07 Å². The van der Waals surface area contributed by atoms with Crippen LogP contribution in [0.15, 0.2) is 47.0 Å². The largest absolute Gasteiger partial charge is 0.441 e. The number of amides is 1.